The Hall–Kier alpha value is -0.770. The Labute approximate surface area is 123 Å². The topological polar surface area (TPSA) is 9.23 Å². The number of aryl methyl sites for hydroxylation is 1. The molecule has 0 aliphatic heterocycles. The number of rotatable bonds is 2. The third-order valence-corrected chi connectivity index (χ3v) is 5.14. The van der Waals surface area contributed by atoms with Crippen molar-refractivity contribution in [2.45, 2.75) is 33.8 Å². The summed E-state index contributed by atoms with van der Waals surface area (Å²) >= 11 is 2.36. The van der Waals surface area contributed by atoms with Gasteiger partial charge in [-0.1, -0.05) is 36.3 Å². The highest BCUT2D eigenvalue weighted by atomic mass is 127. The molecule has 2 heteroatoms. The number of hydrogen-bond donors (Lipinski definition) is 0. The van der Waals surface area contributed by atoms with Crippen LogP contribution in [0, 0.1) is 16.4 Å². The van der Waals surface area contributed by atoms with Crippen LogP contribution >= 0.6 is 22.6 Å². The Bertz CT molecular complexity index is 514. The van der Waals surface area contributed by atoms with E-state index in [-0.39, 0.29) is 6.10 Å². The van der Waals surface area contributed by atoms with Crippen LogP contribution in [0.2, 0.25) is 0 Å². The van der Waals surface area contributed by atoms with Crippen LogP contribution in [0.4, 0.5) is 0 Å². The average Bonchev–Trinajstić information content (AvgIpc) is 2.35. The third-order valence-electron chi connectivity index (χ3n) is 3.75. The minimum Gasteiger partial charge on any atom is -0.485 e. The summed E-state index contributed by atoms with van der Waals surface area (Å²) in [7, 11) is 0. The molecule has 0 spiro atoms. The average molecular weight is 354 g/mol. The molecule has 1 aliphatic rings. The molecule has 0 heterocycles. The summed E-state index contributed by atoms with van der Waals surface area (Å²) < 4.78 is 7.38. The van der Waals surface area contributed by atoms with Crippen molar-refractivity contribution in [3.8, 4) is 5.75 Å². The lowest BCUT2D eigenvalue weighted by Crippen LogP contribution is -2.26. The van der Waals surface area contributed by atoms with Crippen LogP contribution in [-0.4, -0.2) is 6.10 Å². The summed E-state index contributed by atoms with van der Waals surface area (Å²) in [4.78, 5) is 0. The number of hydrogen-bond acceptors (Lipinski definition) is 1. The molecule has 0 saturated heterocycles. The van der Waals surface area contributed by atoms with Gasteiger partial charge in [0.1, 0.15) is 11.9 Å². The maximum Gasteiger partial charge on any atom is 0.133 e. The van der Waals surface area contributed by atoms with E-state index in [2.05, 4.69) is 80.6 Å². The predicted molar refractivity (Wildman–Crippen MR) is 85.0 cm³/mol. The standard InChI is InChI=1S/C16H19IO/c1-10-8-9-14(13(4)12(10)3)18-15-7-5-6-11(2)16(15)17/h5-9,13-14H,1-4H3/t13?,14-/m0/s1. The predicted octanol–water partition coefficient (Wildman–Crippen LogP) is 4.89. The minimum atomic E-state index is 0.143. The first-order valence-electron chi connectivity index (χ1n) is 6.28. The number of benzene rings is 1. The van der Waals surface area contributed by atoms with E-state index in [9.17, 15) is 0 Å². The molecular weight excluding hydrogens is 335 g/mol. The van der Waals surface area contributed by atoms with Gasteiger partial charge in [0.25, 0.3) is 0 Å². The van der Waals surface area contributed by atoms with E-state index in [0.29, 0.717) is 5.92 Å². The second kappa shape index (κ2) is 5.47. The van der Waals surface area contributed by atoms with Crippen molar-refractivity contribution in [3.05, 3.63) is 50.6 Å². The van der Waals surface area contributed by atoms with E-state index < -0.39 is 0 Å². The zero-order valence-electron chi connectivity index (χ0n) is 11.3. The molecule has 2 atom stereocenters. The zero-order valence-corrected chi connectivity index (χ0v) is 13.5. The lowest BCUT2D eigenvalue weighted by atomic mass is 9.88. The molecule has 0 N–H and O–H groups in total. The molecule has 96 valence electrons. The maximum absolute atomic E-state index is 6.17. The van der Waals surface area contributed by atoms with Crippen LogP contribution in [0.25, 0.3) is 0 Å². The van der Waals surface area contributed by atoms with E-state index in [1.54, 1.807) is 0 Å². The molecule has 0 bridgehead atoms. The smallest absolute Gasteiger partial charge is 0.133 e. The number of allylic oxidation sites excluding steroid dienone is 2. The monoisotopic (exact) mass is 354 g/mol. The van der Waals surface area contributed by atoms with E-state index >= 15 is 0 Å². The van der Waals surface area contributed by atoms with Crippen molar-refractivity contribution in [2.24, 2.45) is 5.92 Å². The summed E-state index contributed by atoms with van der Waals surface area (Å²) in [5.74, 6) is 1.43. The van der Waals surface area contributed by atoms with E-state index in [4.69, 9.17) is 4.74 Å². The molecule has 1 aromatic rings. The highest BCUT2D eigenvalue weighted by molar-refractivity contribution is 14.1. The molecule has 1 nitrogen and oxygen atoms in total. The first-order valence-corrected chi connectivity index (χ1v) is 7.36. The van der Waals surface area contributed by atoms with Crippen LogP contribution in [0.3, 0.4) is 0 Å². The van der Waals surface area contributed by atoms with Gasteiger partial charge in [-0.3, -0.25) is 0 Å². The maximum atomic E-state index is 6.17. The van der Waals surface area contributed by atoms with Gasteiger partial charge in [-0.15, -0.1) is 0 Å². The third kappa shape index (κ3) is 2.63. The van der Waals surface area contributed by atoms with Gasteiger partial charge in [-0.05, 0) is 61.1 Å². The van der Waals surface area contributed by atoms with Crippen molar-refractivity contribution in [1.29, 1.82) is 0 Å². The summed E-state index contributed by atoms with van der Waals surface area (Å²) in [5.41, 5.74) is 4.05. The first kappa shape index (κ1) is 13.7. The summed E-state index contributed by atoms with van der Waals surface area (Å²) in [6.07, 6.45) is 4.48. The quantitative estimate of drug-likeness (QED) is 0.687. The molecule has 2 rings (SSSR count). The lowest BCUT2D eigenvalue weighted by molar-refractivity contribution is 0.201. The van der Waals surface area contributed by atoms with Crippen LogP contribution in [-0.2, 0) is 0 Å². The van der Waals surface area contributed by atoms with Crippen molar-refractivity contribution >= 4 is 22.6 Å². The molecule has 1 aliphatic carbocycles. The highest BCUT2D eigenvalue weighted by Crippen LogP contribution is 2.31. The van der Waals surface area contributed by atoms with Crippen molar-refractivity contribution in [3.63, 3.8) is 0 Å². The Morgan fingerprint density at radius 2 is 1.89 bits per heavy atom. The van der Waals surface area contributed by atoms with Gasteiger partial charge in [0.05, 0.1) is 3.57 Å². The van der Waals surface area contributed by atoms with Crippen molar-refractivity contribution in [1.82, 2.24) is 0 Å². The fraction of sp³-hybridized carbons (Fsp3) is 0.375. The van der Waals surface area contributed by atoms with Crippen molar-refractivity contribution < 1.29 is 4.74 Å². The van der Waals surface area contributed by atoms with Gasteiger partial charge in [0.15, 0.2) is 0 Å². The first-order chi connectivity index (χ1) is 8.50. The SMILES string of the molecule is CC1=C(C)C(C)[C@@H](Oc2cccc(C)c2I)C=C1. The Morgan fingerprint density at radius 3 is 2.61 bits per heavy atom. The molecular formula is C16H19IO. The van der Waals surface area contributed by atoms with Gasteiger partial charge in [-0.2, -0.15) is 0 Å². The van der Waals surface area contributed by atoms with Crippen LogP contribution < -0.4 is 4.74 Å². The minimum absolute atomic E-state index is 0.143. The largest absolute Gasteiger partial charge is 0.485 e. The van der Waals surface area contributed by atoms with E-state index in [1.165, 1.54) is 20.3 Å². The molecule has 0 radical (unpaired) electrons. The molecule has 1 aromatic carbocycles. The zero-order chi connectivity index (χ0) is 13.3. The second-order valence-electron chi connectivity index (χ2n) is 4.98. The molecule has 0 fully saturated rings. The lowest BCUT2D eigenvalue weighted by Gasteiger charge is -2.28. The van der Waals surface area contributed by atoms with Gasteiger partial charge in [0.2, 0.25) is 0 Å². The number of ether oxygens (including phenoxy) is 1. The van der Waals surface area contributed by atoms with Crippen LogP contribution in [0.1, 0.15) is 26.3 Å². The second-order valence-corrected chi connectivity index (χ2v) is 6.06. The summed E-state index contributed by atoms with van der Waals surface area (Å²) in [5, 5.41) is 0. The Balaban J connectivity index is 2.21. The fourth-order valence-corrected chi connectivity index (χ4v) is 2.63. The summed E-state index contributed by atoms with van der Waals surface area (Å²) in [6.45, 7) is 8.70. The van der Waals surface area contributed by atoms with Crippen LogP contribution in [0.5, 0.6) is 5.75 Å². The van der Waals surface area contributed by atoms with Gasteiger partial charge in [-0.25, -0.2) is 0 Å². The normalized spacial score (nSPS) is 23.4. The Kier molecular flexibility index (Phi) is 4.15. The molecule has 0 saturated carbocycles. The molecule has 1 unspecified atom stereocenters. The van der Waals surface area contributed by atoms with Gasteiger partial charge in [0, 0.05) is 5.92 Å². The molecule has 18 heavy (non-hydrogen) atoms. The van der Waals surface area contributed by atoms with Gasteiger partial charge >= 0.3 is 0 Å². The molecule has 0 amide bonds. The highest BCUT2D eigenvalue weighted by Gasteiger charge is 2.23. The van der Waals surface area contributed by atoms with Gasteiger partial charge < -0.3 is 4.74 Å². The Morgan fingerprint density at radius 1 is 1.17 bits per heavy atom. The summed E-state index contributed by atoms with van der Waals surface area (Å²) in [6, 6.07) is 6.22. The fourth-order valence-electron chi connectivity index (χ4n) is 2.14. The molecule has 0 aromatic heterocycles. The van der Waals surface area contributed by atoms with Crippen LogP contribution in [0.15, 0.2) is 41.5 Å². The van der Waals surface area contributed by atoms with E-state index in [0.717, 1.165) is 5.75 Å². The van der Waals surface area contributed by atoms with Crippen molar-refractivity contribution in [2.75, 3.05) is 0 Å². The number of halogens is 1. The van der Waals surface area contributed by atoms with E-state index in [1.807, 2.05) is 0 Å².